The maximum absolute atomic E-state index is 13.2. The van der Waals surface area contributed by atoms with Gasteiger partial charge in [-0.15, -0.1) is 11.3 Å². The first-order chi connectivity index (χ1) is 15.9. The number of amides is 3. The van der Waals surface area contributed by atoms with Crippen molar-refractivity contribution < 1.29 is 24.6 Å². The number of aliphatic hydroxyl groups is 1. The number of aliphatic hydroxyl groups excluding tert-OH is 1. The number of carbonyl (C=O) groups is 3. The lowest BCUT2D eigenvalue weighted by Crippen LogP contribution is -2.57. The van der Waals surface area contributed by atoms with Crippen molar-refractivity contribution in [1.82, 2.24) is 20.5 Å². The molecule has 4 N–H and O–H groups in total. The fourth-order valence-electron chi connectivity index (χ4n) is 4.14. The van der Waals surface area contributed by atoms with E-state index in [0.717, 1.165) is 21.7 Å². The number of thiazole rings is 1. The monoisotopic (exact) mass is 488 g/mol. The largest absolute Gasteiger partial charge is 0.465 e. The molecule has 2 heterocycles. The van der Waals surface area contributed by atoms with Gasteiger partial charge in [-0.2, -0.15) is 0 Å². The van der Waals surface area contributed by atoms with Crippen LogP contribution in [0.1, 0.15) is 51.4 Å². The van der Waals surface area contributed by atoms with E-state index < -0.39 is 35.6 Å². The smallest absolute Gasteiger partial charge is 0.405 e. The van der Waals surface area contributed by atoms with Crippen molar-refractivity contribution in [3.63, 3.8) is 0 Å². The van der Waals surface area contributed by atoms with Crippen LogP contribution in [-0.2, 0) is 9.59 Å². The Labute approximate surface area is 203 Å². The molecule has 34 heavy (non-hydrogen) atoms. The highest BCUT2D eigenvalue weighted by molar-refractivity contribution is 7.13. The minimum Gasteiger partial charge on any atom is -0.465 e. The van der Waals surface area contributed by atoms with Gasteiger partial charge in [0.05, 0.1) is 28.2 Å². The summed E-state index contributed by atoms with van der Waals surface area (Å²) in [7, 11) is 0. The van der Waals surface area contributed by atoms with Crippen LogP contribution in [0.15, 0.2) is 29.8 Å². The Kier molecular flexibility index (Phi) is 7.62. The van der Waals surface area contributed by atoms with Crippen molar-refractivity contribution in [3.05, 3.63) is 41.0 Å². The standard InChI is InChI=1S/C24H32N4O5S/c1-13(15-6-8-16(9-7-15)19-14(2)25-12-34-19)26-21(30)18-10-17(29)11-28(18)22(31)20(24(3,4)5)27-23(32)33/h6-9,12-13,17-18,20,27,29H,10-11H2,1-5H3,(H,26,30)(H,32,33)/t13?,17-,18+,20?/m0/s1. The molecule has 1 aromatic carbocycles. The van der Waals surface area contributed by atoms with E-state index in [-0.39, 0.29) is 24.9 Å². The summed E-state index contributed by atoms with van der Waals surface area (Å²) in [6.07, 6.45) is -2.08. The Morgan fingerprint density at radius 3 is 2.35 bits per heavy atom. The molecule has 1 aromatic heterocycles. The molecule has 3 rings (SSSR count). The van der Waals surface area contributed by atoms with E-state index in [2.05, 4.69) is 15.6 Å². The van der Waals surface area contributed by atoms with Gasteiger partial charge in [-0.25, -0.2) is 9.78 Å². The summed E-state index contributed by atoms with van der Waals surface area (Å²) in [6, 6.07) is 5.60. The molecule has 9 nitrogen and oxygen atoms in total. The summed E-state index contributed by atoms with van der Waals surface area (Å²) in [6.45, 7) is 9.02. The summed E-state index contributed by atoms with van der Waals surface area (Å²) in [5.74, 6) is -0.911. The molecular weight excluding hydrogens is 456 g/mol. The SMILES string of the molecule is Cc1ncsc1-c1ccc(C(C)NC(=O)[C@H]2C[C@H](O)CN2C(=O)C(NC(=O)O)C(C)(C)C)cc1. The second kappa shape index (κ2) is 10.1. The first-order valence-electron chi connectivity index (χ1n) is 11.2. The van der Waals surface area contributed by atoms with E-state index in [1.807, 2.05) is 38.1 Å². The number of nitrogens with zero attached hydrogens (tertiary/aromatic N) is 2. The summed E-state index contributed by atoms with van der Waals surface area (Å²) in [5, 5.41) is 24.6. The van der Waals surface area contributed by atoms with E-state index in [0.29, 0.717) is 0 Å². The highest BCUT2D eigenvalue weighted by Crippen LogP contribution is 2.29. The van der Waals surface area contributed by atoms with Gasteiger partial charge in [0.25, 0.3) is 0 Å². The quantitative estimate of drug-likeness (QED) is 0.494. The van der Waals surface area contributed by atoms with Crippen LogP contribution in [0.5, 0.6) is 0 Å². The number of hydrogen-bond acceptors (Lipinski definition) is 6. The number of rotatable bonds is 6. The number of aryl methyl sites for hydroxylation is 1. The molecule has 0 saturated carbocycles. The van der Waals surface area contributed by atoms with Crippen LogP contribution in [0.2, 0.25) is 0 Å². The van der Waals surface area contributed by atoms with Crippen LogP contribution < -0.4 is 10.6 Å². The molecular formula is C24H32N4O5S. The highest BCUT2D eigenvalue weighted by Gasteiger charge is 2.44. The maximum Gasteiger partial charge on any atom is 0.405 e. The van der Waals surface area contributed by atoms with Gasteiger partial charge in [-0.3, -0.25) is 9.59 Å². The number of hydrogen-bond donors (Lipinski definition) is 4. The van der Waals surface area contributed by atoms with Crippen LogP contribution in [0.4, 0.5) is 4.79 Å². The molecule has 2 unspecified atom stereocenters. The van der Waals surface area contributed by atoms with E-state index >= 15 is 0 Å². The summed E-state index contributed by atoms with van der Waals surface area (Å²) < 4.78 is 0. The number of aromatic nitrogens is 1. The van der Waals surface area contributed by atoms with Crippen molar-refractivity contribution >= 4 is 29.2 Å². The molecule has 3 amide bonds. The van der Waals surface area contributed by atoms with E-state index in [1.165, 1.54) is 4.90 Å². The van der Waals surface area contributed by atoms with Crippen molar-refractivity contribution in [2.75, 3.05) is 6.54 Å². The summed E-state index contributed by atoms with van der Waals surface area (Å²) in [4.78, 5) is 44.3. The van der Waals surface area contributed by atoms with Gasteiger partial charge in [0.2, 0.25) is 11.8 Å². The zero-order chi connectivity index (χ0) is 25.2. The molecule has 2 aromatic rings. The molecule has 0 aliphatic carbocycles. The minimum atomic E-state index is -1.32. The molecule has 1 aliphatic heterocycles. The normalized spacial score (nSPS) is 20.0. The zero-order valence-corrected chi connectivity index (χ0v) is 20.8. The molecule has 0 bridgehead atoms. The topological polar surface area (TPSA) is 132 Å². The second-order valence-electron chi connectivity index (χ2n) is 9.76. The van der Waals surface area contributed by atoms with Gasteiger partial charge in [-0.1, -0.05) is 45.0 Å². The Morgan fingerprint density at radius 2 is 1.82 bits per heavy atom. The minimum absolute atomic E-state index is 0.0257. The molecule has 1 aliphatic rings. The van der Waals surface area contributed by atoms with Crippen LogP contribution >= 0.6 is 11.3 Å². The second-order valence-corrected chi connectivity index (χ2v) is 10.6. The van der Waals surface area contributed by atoms with Gasteiger partial charge in [0, 0.05) is 13.0 Å². The van der Waals surface area contributed by atoms with Gasteiger partial charge < -0.3 is 25.7 Å². The lowest BCUT2D eigenvalue weighted by molar-refractivity contribution is -0.142. The van der Waals surface area contributed by atoms with Crippen molar-refractivity contribution in [2.45, 2.75) is 65.3 Å². The number of nitrogens with one attached hydrogen (secondary N) is 2. The van der Waals surface area contributed by atoms with Crippen molar-refractivity contribution in [3.8, 4) is 10.4 Å². The molecule has 1 fully saturated rings. The fraction of sp³-hybridized carbons (Fsp3) is 0.500. The zero-order valence-electron chi connectivity index (χ0n) is 20.0. The third-order valence-electron chi connectivity index (χ3n) is 6.02. The lowest BCUT2D eigenvalue weighted by atomic mass is 9.85. The highest BCUT2D eigenvalue weighted by atomic mass is 32.1. The van der Waals surface area contributed by atoms with Gasteiger partial charge in [0.15, 0.2) is 0 Å². The molecule has 4 atom stereocenters. The molecule has 10 heteroatoms. The number of likely N-dealkylation sites (tertiary alicyclic amines) is 1. The van der Waals surface area contributed by atoms with Crippen LogP contribution in [0, 0.1) is 12.3 Å². The summed E-state index contributed by atoms with van der Waals surface area (Å²) >= 11 is 1.57. The number of β-amino-alcohol motifs (C(OH)–C–C–N with tert-alkyl or cyclic N) is 1. The third-order valence-corrected chi connectivity index (χ3v) is 7.00. The first-order valence-corrected chi connectivity index (χ1v) is 12.0. The van der Waals surface area contributed by atoms with Crippen molar-refractivity contribution in [1.29, 1.82) is 0 Å². The molecule has 184 valence electrons. The Morgan fingerprint density at radius 1 is 1.18 bits per heavy atom. The van der Waals surface area contributed by atoms with Crippen LogP contribution in [0.25, 0.3) is 10.4 Å². The predicted molar refractivity (Wildman–Crippen MR) is 129 cm³/mol. The third kappa shape index (κ3) is 5.74. The van der Waals surface area contributed by atoms with Crippen LogP contribution in [0.3, 0.4) is 0 Å². The van der Waals surface area contributed by atoms with E-state index in [9.17, 15) is 24.6 Å². The van der Waals surface area contributed by atoms with E-state index in [1.54, 1.807) is 37.6 Å². The fourth-order valence-corrected chi connectivity index (χ4v) is 4.95. The van der Waals surface area contributed by atoms with Crippen molar-refractivity contribution in [2.24, 2.45) is 5.41 Å². The Hall–Kier alpha value is -2.98. The molecule has 1 saturated heterocycles. The van der Waals surface area contributed by atoms with E-state index in [4.69, 9.17) is 0 Å². The molecule has 0 spiro atoms. The van der Waals surface area contributed by atoms with Crippen LogP contribution in [-0.4, -0.2) is 62.7 Å². The van der Waals surface area contributed by atoms with Gasteiger partial charge >= 0.3 is 6.09 Å². The Bertz CT molecular complexity index is 1050. The van der Waals surface area contributed by atoms with Gasteiger partial charge in [0.1, 0.15) is 12.1 Å². The number of benzene rings is 1. The maximum atomic E-state index is 13.2. The Balaban J connectivity index is 1.72. The molecule has 0 radical (unpaired) electrons. The average Bonchev–Trinajstić information content (AvgIpc) is 3.36. The first kappa shape index (κ1) is 25.6. The number of carbonyl (C=O) groups excluding carboxylic acids is 2. The van der Waals surface area contributed by atoms with Gasteiger partial charge in [-0.05, 0) is 30.4 Å². The summed E-state index contributed by atoms with van der Waals surface area (Å²) in [5.41, 5.74) is 4.01. The number of carboxylic acid groups (broad SMARTS) is 1. The lowest BCUT2D eigenvalue weighted by Gasteiger charge is -2.34. The average molecular weight is 489 g/mol. The predicted octanol–water partition coefficient (Wildman–Crippen LogP) is 2.94.